The molecule has 0 aliphatic rings. The summed E-state index contributed by atoms with van der Waals surface area (Å²) in [6, 6.07) is 13.6. The number of carbonyl (C=O) groups excluding carboxylic acids is 1. The number of thiophene rings is 1. The van der Waals surface area contributed by atoms with Gasteiger partial charge in [0.1, 0.15) is 17.2 Å². The van der Waals surface area contributed by atoms with Crippen LogP contribution in [0.5, 0.6) is 0 Å². The van der Waals surface area contributed by atoms with Crippen LogP contribution < -0.4 is 10.9 Å². The van der Waals surface area contributed by atoms with Crippen LogP contribution in [-0.4, -0.2) is 25.6 Å². The Bertz CT molecular complexity index is 1600. The molecule has 10 heteroatoms. The zero-order valence-corrected chi connectivity index (χ0v) is 19.0. The number of nitrogens with one attached hydrogen (secondary N) is 1. The van der Waals surface area contributed by atoms with Crippen LogP contribution in [0.15, 0.2) is 64.2 Å². The van der Waals surface area contributed by atoms with Crippen molar-refractivity contribution in [1.29, 1.82) is 0 Å². The van der Waals surface area contributed by atoms with Crippen LogP contribution in [0.4, 0.5) is 10.1 Å². The van der Waals surface area contributed by atoms with E-state index >= 15 is 0 Å². The van der Waals surface area contributed by atoms with Crippen molar-refractivity contribution in [3.63, 3.8) is 0 Å². The molecule has 2 aromatic carbocycles. The first-order valence-corrected chi connectivity index (χ1v) is 11.2. The minimum Gasteiger partial charge on any atom is -0.333 e. The molecular formula is C24H18FN5O3S. The Morgan fingerprint density at radius 2 is 2.00 bits per heavy atom. The zero-order chi connectivity index (χ0) is 23.8. The standard InChI is InChI=1S/C24H18FN5O3S/c1-13-6-5-7-15(10-13)21-28-22(33-29-21)20-14(2)19-23(34-20)26-12-30(24(19)32)11-18(31)27-17-9-4-3-8-16(17)25/h3-10,12H,11H2,1-2H3,(H,27,31). The third kappa shape index (κ3) is 3.99. The Hall–Kier alpha value is -4.18. The minimum absolute atomic E-state index is 0.0457. The number of fused-ring (bicyclic) bond motifs is 1. The van der Waals surface area contributed by atoms with Gasteiger partial charge in [-0.1, -0.05) is 41.1 Å². The topological polar surface area (TPSA) is 103 Å². The predicted molar refractivity (Wildman–Crippen MR) is 127 cm³/mol. The molecule has 0 spiro atoms. The smallest absolute Gasteiger partial charge is 0.268 e. The molecule has 0 bridgehead atoms. The van der Waals surface area contributed by atoms with Crippen LogP contribution >= 0.6 is 11.3 Å². The third-order valence-electron chi connectivity index (χ3n) is 5.28. The summed E-state index contributed by atoms with van der Waals surface area (Å²) >= 11 is 1.26. The number of anilines is 1. The van der Waals surface area contributed by atoms with E-state index in [4.69, 9.17) is 4.52 Å². The van der Waals surface area contributed by atoms with Gasteiger partial charge in [-0.2, -0.15) is 4.98 Å². The van der Waals surface area contributed by atoms with Gasteiger partial charge in [0.05, 0.1) is 22.3 Å². The fourth-order valence-corrected chi connectivity index (χ4v) is 4.66. The molecule has 0 saturated carbocycles. The average Bonchev–Trinajstić information content (AvgIpc) is 3.42. The maximum absolute atomic E-state index is 13.8. The molecule has 0 aliphatic heterocycles. The lowest BCUT2D eigenvalue weighted by Crippen LogP contribution is -2.28. The van der Waals surface area contributed by atoms with Gasteiger partial charge < -0.3 is 9.84 Å². The Morgan fingerprint density at radius 1 is 1.18 bits per heavy atom. The number of rotatable bonds is 5. The summed E-state index contributed by atoms with van der Waals surface area (Å²) in [6.45, 7) is 3.45. The Kier molecular flexibility index (Phi) is 5.50. The highest BCUT2D eigenvalue weighted by Gasteiger charge is 2.21. The maximum Gasteiger partial charge on any atom is 0.268 e. The molecule has 8 nitrogen and oxygen atoms in total. The number of amides is 1. The summed E-state index contributed by atoms with van der Waals surface area (Å²) < 4.78 is 20.5. The summed E-state index contributed by atoms with van der Waals surface area (Å²) in [5, 5.41) is 6.92. The second-order valence-electron chi connectivity index (χ2n) is 7.73. The quantitative estimate of drug-likeness (QED) is 0.399. The van der Waals surface area contributed by atoms with Crippen LogP contribution in [0, 0.1) is 19.7 Å². The molecule has 5 aromatic rings. The molecule has 170 valence electrons. The Balaban J connectivity index is 1.45. The molecule has 0 radical (unpaired) electrons. The number of para-hydroxylation sites is 1. The van der Waals surface area contributed by atoms with E-state index in [1.807, 2.05) is 31.2 Å². The average molecular weight is 476 g/mol. The van der Waals surface area contributed by atoms with Crippen LogP contribution in [0.1, 0.15) is 11.1 Å². The maximum atomic E-state index is 13.8. The number of halogens is 1. The second kappa shape index (κ2) is 8.64. The van der Waals surface area contributed by atoms with Crippen LogP contribution in [0.3, 0.4) is 0 Å². The lowest BCUT2D eigenvalue weighted by Gasteiger charge is -2.08. The van der Waals surface area contributed by atoms with Gasteiger partial charge >= 0.3 is 0 Å². The molecule has 0 saturated heterocycles. The van der Waals surface area contributed by atoms with E-state index in [1.54, 1.807) is 13.0 Å². The summed E-state index contributed by atoms with van der Waals surface area (Å²) in [5.74, 6) is -0.355. The fourth-order valence-electron chi connectivity index (χ4n) is 3.60. The zero-order valence-electron chi connectivity index (χ0n) is 18.2. The van der Waals surface area contributed by atoms with E-state index in [0.29, 0.717) is 32.4 Å². The highest BCUT2D eigenvalue weighted by molar-refractivity contribution is 7.22. The molecule has 0 aliphatic carbocycles. The number of benzene rings is 2. The van der Waals surface area contributed by atoms with Gasteiger partial charge in [0.25, 0.3) is 11.4 Å². The first-order chi connectivity index (χ1) is 16.4. The van der Waals surface area contributed by atoms with Gasteiger partial charge in [-0.25, -0.2) is 9.37 Å². The van der Waals surface area contributed by atoms with E-state index in [0.717, 1.165) is 11.1 Å². The number of hydrogen-bond donors (Lipinski definition) is 1. The van der Waals surface area contributed by atoms with E-state index in [-0.39, 0.29) is 17.8 Å². The van der Waals surface area contributed by atoms with Crippen molar-refractivity contribution < 1.29 is 13.7 Å². The number of aromatic nitrogens is 4. The molecule has 1 amide bonds. The predicted octanol–water partition coefficient (Wildman–Crippen LogP) is 4.57. The molecule has 5 rings (SSSR count). The second-order valence-corrected chi connectivity index (χ2v) is 8.73. The highest BCUT2D eigenvalue weighted by atomic mass is 32.1. The molecule has 3 heterocycles. The van der Waals surface area contributed by atoms with Crippen LogP contribution in [-0.2, 0) is 11.3 Å². The highest BCUT2D eigenvalue weighted by Crippen LogP contribution is 2.35. The van der Waals surface area contributed by atoms with Crippen molar-refractivity contribution in [1.82, 2.24) is 19.7 Å². The minimum atomic E-state index is -0.556. The van der Waals surface area contributed by atoms with Crippen molar-refractivity contribution in [3.8, 4) is 22.2 Å². The van der Waals surface area contributed by atoms with Crippen molar-refractivity contribution in [2.24, 2.45) is 0 Å². The summed E-state index contributed by atoms with van der Waals surface area (Å²) in [5.41, 5.74) is 2.21. The first kappa shape index (κ1) is 21.7. The lowest BCUT2D eigenvalue weighted by molar-refractivity contribution is -0.116. The van der Waals surface area contributed by atoms with E-state index in [2.05, 4.69) is 20.4 Å². The molecular weight excluding hydrogens is 457 g/mol. The molecule has 0 unspecified atom stereocenters. The fraction of sp³-hybridized carbons (Fsp3) is 0.125. The van der Waals surface area contributed by atoms with E-state index < -0.39 is 11.7 Å². The monoisotopic (exact) mass is 475 g/mol. The first-order valence-electron chi connectivity index (χ1n) is 10.3. The number of hydrogen-bond acceptors (Lipinski definition) is 7. The number of aryl methyl sites for hydroxylation is 2. The molecule has 0 atom stereocenters. The summed E-state index contributed by atoms with van der Waals surface area (Å²) in [7, 11) is 0. The van der Waals surface area contributed by atoms with Crippen LogP contribution in [0.25, 0.3) is 32.4 Å². The van der Waals surface area contributed by atoms with Crippen molar-refractivity contribution in [2.45, 2.75) is 20.4 Å². The number of carbonyl (C=O) groups is 1. The molecule has 0 fully saturated rings. The largest absolute Gasteiger partial charge is 0.333 e. The van der Waals surface area contributed by atoms with Gasteiger partial charge in [-0.05, 0) is 37.6 Å². The van der Waals surface area contributed by atoms with Gasteiger partial charge in [0.15, 0.2) is 0 Å². The van der Waals surface area contributed by atoms with E-state index in [1.165, 1.54) is 40.4 Å². The SMILES string of the molecule is Cc1cccc(-c2noc(-c3sc4ncn(CC(=O)Nc5ccccc5F)c(=O)c4c3C)n2)c1. The van der Waals surface area contributed by atoms with Gasteiger partial charge in [-0.3, -0.25) is 14.2 Å². The van der Waals surface area contributed by atoms with Crippen molar-refractivity contribution in [3.05, 3.63) is 82.2 Å². The Morgan fingerprint density at radius 3 is 2.79 bits per heavy atom. The van der Waals surface area contributed by atoms with Gasteiger partial charge in [-0.15, -0.1) is 11.3 Å². The lowest BCUT2D eigenvalue weighted by atomic mass is 10.1. The summed E-state index contributed by atoms with van der Waals surface area (Å²) in [6.07, 6.45) is 1.30. The van der Waals surface area contributed by atoms with Gasteiger partial charge in [0, 0.05) is 5.56 Å². The Labute approximate surface area is 196 Å². The van der Waals surface area contributed by atoms with Crippen molar-refractivity contribution in [2.75, 3.05) is 5.32 Å². The molecule has 34 heavy (non-hydrogen) atoms. The van der Waals surface area contributed by atoms with Crippen LogP contribution in [0.2, 0.25) is 0 Å². The number of nitrogens with zero attached hydrogens (tertiary/aromatic N) is 4. The van der Waals surface area contributed by atoms with E-state index in [9.17, 15) is 14.0 Å². The summed E-state index contributed by atoms with van der Waals surface area (Å²) in [4.78, 5) is 35.5. The van der Waals surface area contributed by atoms with Crippen molar-refractivity contribution >= 4 is 33.1 Å². The molecule has 1 N–H and O–H groups in total. The third-order valence-corrected chi connectivity index (χ3v) is 6.46. The normalized spacial score (nSPS) is 11.1. The van der Waals surface area contributed by atoms with Gasteiger partial charge in [0.2, 0.25) is 11.7 Å². The molecule has 3 aromatic heterocycles.